The first kappa shape index (κ1) is 19.1. The number of ether oxygens (including phenoxy) is 1. The first-order valence-corrected chi connectivity index (χ1v) is 9.30. The van der Waals surface area contributed by atoms with Crippen molar-refractivity contribution in [1.82, 2.24) is 0 Å². The van der Waals surface area contributed by atoms with Crippen LogP contribution in [0.2, 0.25) is 0 Å². The second-order valence-electron chi connectivity index (χ2n) is 5.39. The number of carbonyl (C=O) groups is 1. The lowest BCUT2D eigenvalue weighted by Crippen LogP contribution is -2.53. The Morgan fingerprint density at radius 2 is 2.00 bits per heavy atom. The van der Waals surface area contributed by atoms with Crippen molar-refractivity contribution in [3.05, 3.63) is 30.3 Å². The molecular formula is C16H23O4PS. The molecule has 2 atom stereocenters. The molecule has 0 aliphatic heterocycles. The number of carboxylic acid groups (broad SMARTS) is 1. The summed E-state index contributed by atoms with van der Waals surface area (Å²) in [6.45, 7) is 6.01. The second-order valence-corrected chi connectivity index (χ2v) is 7.06. The third-order valence-corrected chi connectivity index (χ3v) is 5.37. The van der Waals surface area contributed by atoms with Gasteiger partial charge >= 0.3 is 5.97 Å². The molecule has 0 aliphatic rings. The van der Waals surface area contributed by atoms with Crippen LogP contribution in [0, 0.1) is 11.8 Å². The smallest absolute Gasteiger partial charge is 0.337 e. The molecule has 0 aromatic heterocycles. The summed E-state index contributed by atoms with van der Waals surface area (Å²) in [5.41, 5.74) is -1.41. The molecule has 0 bridgehead atoms. The van der Waals surface area contributed by atoms with Crippen LogP contribution < -0.4 is 0 Å². The summed E-state index contributed by atoms with van der Waals surface area (Å²) in [6, 6.07) is 9.85. The van der Waals surface area contributed by atoms with Crippen molar-refractivity contribution in [2.24, 2.45) is 11.8 Å². The summed E-state index contributed by atoms with van der Waals surface area (Å²) in [5, 5.41) is 9.72. The first-order chi connectivity index (χ1) is 10.5. The maximum Gasteiger partial charge on any atom is 0.337 e. The summed E-state index contributed by atoms with van der Waals surface area (Å²) in [5.74, 6) is -0.578. The molecule has 0 amide bonds. The number of aliphatic carboxylic acids is 1. The van der Waals surface area contributed by atoms with E-state index in [1.807, 2.05) is 44.2 Å². The molecule has 0 aliphatic carbocycles. The molecule has 0 radical (unpaired) electrons. The molecular weight excluding hydrogens is 319 g/mol. The largest absolute Gasteiger partial charge is 0.479 e. The van der Waals surface area contributed by atoms with E-state index in [0.717, 1.165) is 4.90 Å². The van der Waals surface area contributed by atoms with E-state index in [1.165, 1.54) is 0 Å². The predicted octanol–water partition coefficient (Wildman–Crippen LogP) is 4.20. The molecule has 1 aromatic rings. The van der Waals surface area contributed by atoms with Crippen LogP contribution in [0.4, 0.5) is 0 Å². The van der Waals surface area contributed by atoms with Crippen LogP contribution in [-0.2, 0) is 14.1 Å². The number of hydrogen-bond donors (Lipinski definition) is 1. The zero-order valence-corrected chi connectivity index (χ0v) is 14.9. The van der Waals surface area contributed by atoms with Crippen LogP contribution in [0.5, 0.6) is 0 Å². The van der Waals surface area contributed by atoms with Crippen LogP contribution >= 0.6 is 20.2 Å². The predicted molar refractivity (Wildman–Crippen MR) is 90.0 cm³/mol. The highest BCUT2D eigenvalue weighted by Crippen LogP contribution is 2.36. The molecule has 1 N–H and O–H groups in total. The summed E-state index contributed by atoms with van der Waals surface area (Å²) in [6.07, 6.45) is -0.0334. The van der Waals surface area contributed by atoms with E-state index in [4.69, 9.17) is 4.74 Å². The Morgan fingerprint density at radius 3 is 2.45 bits per heavy atom. The minimum absolute atomic E-state index is 0.0334. The van der Waals surface area contributed by atoms with Crippen molar-refractivity contribution in [1.29, 1.82) is 0 Å². The minimum Gasteiger partial charge on any atom is -0.479 e. The lowest BCUT2D eigenvalue weighted by atomic mass is 9.81. The maximum absolute atomic E-state index is 11.9. The van der Waals surface area contributed by atoms with Crippen molar-refractivity contribution >= 4 is 26.2 Å². The number of hydrogen-bond acceptors (Lipinski definition) is 4. The Kier molecular flexibility index (Phi) is 8.08. The van der Waals surface area contributed by atoms with Gasteiger partial charge in [-0.05, 0) is 25.0 Å². The summed E-state index contributed by atoms with van der Waals surface area (Å²) < 4.78 is 16.8. The number of thioether (sulfide) groups is 1. The fraction of sp³-hybridized carbons (Fsp3) is 0.562. The third kappa shape index (κ3) is 4.80. The lowest BCUT2D eigenvalue weighted by Gasteiger charge is -2.37. The van der Waals surface area contributed by atoms with Crippen LogP contribution in [0.3, 0.4) is 0 Å². The van der Waals surface area contributed by atoms with Crippen molar-refractivity contribution in [2.45, 2.75) is 31.3 Å². The number of carboxylic acids is 1. The fourth-order valence-electron chi connectivity index (χ4n) is 2.48. The normalized spacial score (nSPS) is 15.6. The molecule has 1 aromatic carbocycles. The lowest BCUT2D eigenvalue weighted by molar-refractivity contribution is -0.171. The maximum atomic E-state index is 11.9. The van der Waals surface area contributed by atoms with E-state index < -0.39 is 11.6 Å². The van der Waals surface area contributed by atoms with Gasteiger partial charge in [0, 0.05) is 23.2 Å². The van der Waals surface area contributed by atoms with E-state index in [0.29, 0.717) is 5.75 Å². The van der Waals surface area contributed by atoms with Crippen LogP contribution in [0.25, 0.3) is 0 Å². The molecule has 0 fully saturated rings. The molecule has 6 heteroatoms. The zero-order chi connectivity index (χ0) is 16.6. The van der Waals surface area contributed by atoms with Gasteiger partial charge in [0.05, 0.1) is 6.16 Å². The first-order valence-electron chi connectivity index (χ1n) is 7.32. The third-order valence-electron chi connectivity index (χ3n) is 3.64. The van der Waals surface area contributed by atoms with Crippen molar-refractivity contribution in [3.63, 3.8) is 0 Å². The quantitative estimate of drug-likeness (QED) is 0.510. The average Bonchev–Trinajstić information content (AvgIpc) is 2.48. The van der Waals surface area contributed by atoms with E-state index in [9.17, 15) is 14.5 Å². The highest BCUT2D eigenvalue weighted by Gasteiger charge is 2.48. The zero-order valence-electron chi connectivity index (χ0n) is 13.2. The molecule has 1 rings (SSSR count). The van der Waals surface area contributed by atoms with Crippen LogP contribution in [0.15, 0.2) is 35.2 Å². The number of rotatable bonds is 10. The molecule has 0 saturated carbocycles. The van der Waals surface area contributed by atoms with Gasteiger partial charge in [0.2, 0.25) is 0 Å². The van der Waals surface area contributed by atoms with Crippen LogP contribution in [-0.4, -0.2) is 35.2 Å². The Balaban J connectivity index is 3.02. The van der Waals surface area contributed by atoms with Gasteiger partial charge in [0.1, 0.15) is 0 Å². The van der Waals surface area contributed by atoms with E-state index in [-0.39, 0.29) is 33.1 Å². The molecule has 0 spiro atoms. The molecule has 22 heavy (non-hydrogen) atoms. The average molecular weight is 342 g/mol. The standard InChI is InChI=1S/C16H23O4PS/c1-4-20-16(11-21-19,15(17)18)14(12(2)3)10-22-13-8-6-5-7-9-13/h5-9,12,14H,4,10-11H2,1-3H3,(H,17,18). The molecule has 0 heterocycles. The summed E-state index contributed by atoms with van der Waals surface area (Å²) in [4.78, 5) is 13.0. The van der Waals surface area contributed by atoms with E-state index in [2.05, 4.69) is 0 Å². The summed E-state index contributed by atoms with van der Waals surface area (Å²) in [7, 11) is -0.209. The molecule has 0 saturated heterocycles. The van der Waals surface area contributed by atoms with Gasteiger partial charge in [-0.3, -0.25) is 4.57 Å². The Bertz CT molecular complexity index is 480. The van der Waals surface area contributed by atoms with E-state index >= 15 is 0 Å². The Labute approximate surface area is 137 Å². The molecule has 122 valence electrons. The fourth-order valence-corrected chi connectivity index (χ4v) is 4.51. The Hall–Kier alpha value is -0.900. The van der Waals surface area contributed by atoms with Gasteiger partial charge in [-0.15, -0.1) is 11.8 Å². The topological polar surface area (TPSA) is 63.6 Å². The monoisotopic (exact) mass is 342 g/mol. The van der Waals surface area contributed by atoms with Gasteiger partial charge in [0.25, 0.3) is 0 Å². The van der Waals surface area contributed by atoms with Crippen molar-refractivity contribution < 1.29 is 19.2 Å². The van der Waals surface area contributed by atoms with Crippen molar-refractivity contribution in [3.8, 4) is 0 Å². The van der Waals surface area contributed by atoms with Gasteiger partial charge in [-0.1, -0.05) is 32.0 Å². The van der Waals surface area contributed by atoms with E-state index in [1.54, 1.807) is 18.7 Å². The van der Waals surface area contributed by atoms with Gasteiger partial charge in [0.15, 0.2) is 14.1 Å². The minimum atomic E-state index is -1.41. The van der Waals surface area contributed by atoms with Gasteiger partial charge < -0.3 is 9.84 Å². The van der Waals surface area contributed by atoms with Gasteiger partial charge in [-0.2, -0.15) is 0 Å². The van der Waals surface area contributed by atoms with Crippen LogP contribution in [0.1, 0.15) is 20.8 Å². The molecule has 2 unspecified atom stereocenters. The second kappa shape index (κ2) is 9.29. The Morgan fingerprint density at radius 1 is 1.36 bits per heavy atom. The van der Waals surface area contributed by atoms with Crippen molar-refractivity contribution in [2.75, 3.05) is 18.5 Å². The SMILES string of the molecule is CCOC(CP=O)(C(=O)O)C(CSc1ccccc1)C(C)C. The highest BCUT2D eigenvalue weighted by molar-refractivity contribution is 7.99. The van der Waals surface area contributed by atoms with Gasteiger partial charge in [-0.25, -0.2) is 4.79 Å². The molecule has 4 nitrogen and oxygen atoms in total. The summed E-state index contributed by atoms with van der Waals surface area (Å²) >= 11 is 1.60. The highest BCUT2D eigenvalue weighted by atomic mass is 32.2. The number of benzene rings is 1.